The lowest BCUT2D eigenvalue weighted by atomic mass is 10.2. The molecule has 0 aromatic carbocycles. The second-order valence-corrected chi connectivity index (χ2v) is 6.20. The fraction of sp³-hybridized carbons (Fsp3) is 0.667. The van der Waals surface area contributed by atoms with Crippen LogP contribution in [0.25, 0.3) is 0 Å². The first-order valence-corrected chi connectivity index (χ1v) is 8.61. The highest BCUT2D eigenvalue weighted by molar-refractivity contribution is 6.32. The van der Waals surface area contributed by atoms with Crippen LogP contribution < -0.4 is 0 Å². The Morgan fingerprint density at radius 1 is 1.11 bits per heavy atom. The first-order valence-electron chi connectivity index (χ1n) is 8.23. The third kappa shape index (κ3) is 4.45. The molecule has 0 saturated carbocycles. The molecule has 1 aliphatic rings. The predicted molar refractivity (Wildman–Crippen MR) is 87.0 cm³/mol. The van der Waals surface area contributed by atoms with E-state index in [1.54, 1.807) is 6.92 Å². The van der Waals surface area contributed by atoms with Gasteiger partial charge in [0.25, 0.3) is 12.9 Å². The number of aromatic nitrogens is 2. The first kappa shape index (κ1) is 21.3. The molecule has 1 aliphatic heterocycles. The number of rotatable bonds is 5. The van der Waals surface area contributed by atoms with Crippen LogP contribution >= 0.6 is 11.6 Å². The van der Waals surface area contributed by atoms with Gasteiger partial charge in [-0.2, -0.15) is 5.10 Å². The number of nitrogens with zero attached hydrogens (tertiary/aromatic N) is 4. The molecule has 12 heteroatoms. The summed E-state index contributed by atoms with van der Waals surface area (Å²) in [5.74, 6) is -0.583. The van der Waals surface area contributed by atoms with E-state index in [9.17, 15) is 27.2 Å². The summed E-state index contributed by atoms with van der Waals surface area (Å²) < 4.78 is 57.8. The van der Waals surface area contributed by atoms with E-state index in [1.807, 2.05) is 0 Å². The topological polar surface area (TPSA) is 67.7 Å². The Bertz CT molecular complexity index is 693. The summed E-state index contributed by atoms with van der Waals surface area (Å²) >= 11 is 5.61. The third-order valence-corrected chi connectivity index (χ3v) is 4.55. The number of hydrogen-bond acceptors (Lipinski definition) is 4. The van der Waals surface area contributed by atoms with Crippen molar-refractivity contribution in [2.75, 3.05) is 32.8 Å². The Labute approximate surface area is 157 Å². The van der Waals surface area contributed by atoms with Gasteiger partial charge in [-0.25, -0.2) is 27.0 Å². The zero-order valence-electron chi connectivity index (χ0n) is 14.7. The van der Waals surface area contributed by atoms with Gasteiger partial charge in [0.15, 0.2) is 0 Å². The van der Waals surface area contributed by atoms with Gasteiger partial charge in [0.05, 0.1) is 11.6 Å². The molecule has 2 heterocycles. The Kier molecular flexibility index (Phi) is 6.90. The van der Waals surface area contributed by atoms with E-state index < -0.39 is 47.3 Å². The maximum absolute atomic E-state index is 13.3. The average molecular weight is 415 g/mol. The van der Waals surface area contributed by atoms with Crippen molar-refractivity contribution in [3.05, 3.63) is 16.4 Å². The van der Waals surface area contributed by atoms with E-state index in [-0.39, 0.29) is 32.8 Å². The molecule has 2 amide bonds. The molecule has 1 saturated heterocycles. The lowest BCUT2D eigenvalue weighted by molar-refractivity contribution is -0.136. The van der Waals surface area contributed by atoms with Gasteiger partial charge < -0.3 is 14.5 Å². The molecule has 0 N–H and O–H groups in total. The zero-order chi connectivity index (χ0) is 20.3. The summed E-state index contributed by atoms with van der Waals surface area (Å²) in [5, 5.41) is 2.60. The summed E-state index contributed by atoms with van der Waals surface area (Å²) in [5.41, 5.74) is -1.91. The van der Waals surface area contributed by atoms with Crippen molar-refractivity contribution in [2.45, 2.75) is 32.7 Å². The average Bonchev–Trinajstić information content (AvgIpc) is 2.98. The van der Waals surface area contributed by atoms with Crippen LogP contribution in [0.4, 0.5) is 22.4 Å². The molecule has 27 heavy (non-hydrogen) atoms. The molecular formula is C15H19ClF4N4O3. The summed E-state index contributed by atoms with van der Waals surface area (Å²) in [6, 6.07) is -1.26. The van der Waals surface area contributed by atoms with Crippen LogP contribution in [0.3, 0.4) is 0 Å². The van der Waals surface area contributed by atoms with Gasteiger partial charge in [0.2, 0.25) is 5.91 Å². The van der Waals surface area contributed by atoms with Gasteiger partial charge in [0.1, 0.15) is 17.4 Å². The van der Waals surface area contributed by atoms with Crippen LogP contribution in [-0.2, 0) is 9.53 Å². The molecule has 0 spiro atoms. The third-order valence-electron chi connectivity index (χ3n) is 4.17. The lowest BCUT2D eigenvalue weighted by Crippen LogP contribution is -2.52. The molecule has 0 radical (unpaired) electrons. The fourth-order valence-electron chi connectivity index (χ4n) is 2.77. The second-order valence-electron chi connectivity index (χ2n) is 5.82. The maximum atomic E-state index is 13.3. The highest BCUT2D eigenvalue weighted by atomic mass is 35.5. The smallest absolute Gasteiger partial charge is 0.409 e. The number of ether oxygens (including phenoxy) is 1. The second kappa shape index (κ2) is 8.77. The van der Waals surface area contributed by atoms with Crippen molar-refractivity contribution >= 4 is 23.6 Å². The Hall–Kier alpha value is -2.04. The van der Waals surface area contributed by atoms with E-state index >= 15 is 0 Å². The van der Waals surface area contributed by atoms with E-state index in [2.05, 4.69) is 5.10 Å². The van der Waals surface area contributed by atoms with Crippen molar-refractivity contribution < 1.29 is 31.9 Å². The molecule has 1 atom stereocenters. The summed E-state index contributed by atoms with van der Waals surface area (Å²) in [6.45, 7) is 3.90. The molecule has 7 nitrogen and oxygen atoms in total. The molecule has 1 aromatic heterocycles. The van der Waals surface area contributed by atoms with E-state index in [4.69, 9.17) is 16.3 Å². The van der Waals surface area contributed by atoms with Gasteiger partial charge in [-0.15, -0.1) is 0 Å². The van der Waals surface area contributed by atoms with Gasteiger partial charge in [0, 0.05) is 26.2 Å². The number of halogens is 5. The lowest BCUT2D eigenvalue weighted by Gasteiger charge is -2.35. The molecule has 1 unspecified atom stereocenters. The summed E-state index contributed by atoms with van der Waals surface area (Å²) in [4.78, 5) is 27.1. The summed E-state index contributed by atoms with van der Waals surface area (Å²) in [7, 11) is 0. The van der Waals surface area contributed by atoms with Crippen LogP contribution in [-0.4, -0.2) is 64.4 Å². The maximum Gasteiger partial charge on any atom is 0.409 e. The van der Waals surface area contributed by atoms with Crippen molar-refractivity contribution in [1.82, 2.24) is 19.6 Å². The zero-order valence-corrected chi connectivity index (χ0v) is 15.4. The molecule has 1 fully saturated rings. The highest BCUT2D eigenvalue weighted by Crippen LogP contribution is 2.36. The largest absolute Gasteiger partial charge is 0.450 e. The number of carbonyl (C=O) groups excluding carboxylic acids is 2. The highest BCUT2D eigenvalue weighted by Gasteiger charge is 2.34. The standard InChI is InChI=1S/C15H19ClF4N4O3/c1-3-27-15(26)23-6-4-22(5-7-23)14(25)8(2)24-11(13(19)20)9(16)10(21-24)12(17)18/h8,12-13H,3-7H2,1-2H3. The first-order chi connectivity index (χ1) is 12.7. The van der Waals surface area contributed by atoms with Gasteiger partial charge in [-0.05, 0) is 13.8 Å². The van der Waals surface area contributed by atoms with Crippen LogP contribution in [0.2, 0.25) is 5.02 Å². The van der Waals surface area contributed by atoms with Crippen LogP contribution in [0, 0.1) is 0 Å². The number of piperazine rings is 1. The number of amides is 2. The minimum atomic E-state index is -3.17. The SMILES string of the molecule is CCOC(=O)N1CCN(C(=O)C(C)n2nc(C(F)F)c(Cl)c2C(F)F)CC1. The molecule has 152 valence electrons. The number of hydrogen-bond donors (Lipinski definition) is 0. The van der Waals surface area contributed by atoms with E-state index in [1.165, 1.54) is 16.7 Å². The van der Waals surface area contributed by atoms with Crippen molar-refractivity contribution in [2.24, 2.45) is 0 Å². The predicted octanol–water partition coefficient (Wildman–Crippen LogP) is 3.27. The normalized spacial score (nSPS) is 16.2. The molecule has 0 bridgehead atoms. The quantitative estimate of drug-likeness (QED) is 0.693. The molecular weight excluding hydrogens is 396 g/mol. The van der Waals surface area contributed by atoms with E-state index in [0.29, 0.717) is 4.68 Å². The van der Waals surface area contributed by atoms with Crippen LogP contribution in [0.1, 0.15) is 44.1 Å². The van der Waals surface area contributed by atoms with Crippen LogP contribution in [0.5, 0.6) is 0 Å². The van der Waals surface area contributed by atoms with Crippen molar-refractivity contribution in [3.8, 4) is 0 Å². The van der Waals surface area contributed by atoms with Crippen molar-refractivity contribution in [1.29, 1.82) is 0 Å². The minimum Gasteiger partial charge on any atom is -0.450 e. The monoisotopic (exact) mass is 414 g/mol. The van der Waals surface area contributed by atoms with Crippen molar-refractivity contribution in [3.63, 3.8) is 0 Å². The van der Waals surface area contributed by atoms with Gasteiger partial charge in [-0.1, -0.05) is 11.6 Å². The van der Waals surface area contributed by atoms with Crippen LogP contribution in [0.15, 0.2) is 0 Å². The van der Waals surface area contributed by atoms with E-state index in [0.717, 1.165) is 0 Å². The number of alkyl halides is 4. The Morgan fingerprint density at radius 3 is 2.15 bits per heavy atom. The molecule has 1 aromatic rings. The van der Waals surface area contributed by atoms with Gasteiger partial charge in [-0.3, -0.25) is 4.79 Å². The minimum absolute atomic E-state index is 0.155. The molecule has 0 aliphatic carbocycles. The Balaban J connectivity index is 2.14. The van der Waals surface area contributed by atoms with Gasteiger partial charge >= 0.3 is 6.09 Å². The summed E-state index contributed by atoms with van der Waals surface area (Å²) in [6.07, 6.45) is -6.82. The molecule has 2 rings (SSSR count). The number of carbonyl (C=O) groups is 2. The fourth-order valence-corrected chi connectivity index (χ4v) is 3.06. The Morgan fingerprint density at radius 2 is 1.67 bits per heavy atom.